The van der Waals surface area contributed by atoms with Crippen molar-refractivity contribution in [1.29, 1.82) is 5.41 Å². The Labute approximate surface area is 83.3 Å². The number of amidine groups is 1. The zero-order chi connectivity index (χ0) is 10.1. The van der Waals surface area contributed by atoms with Crippen molar-refractivity contribution >= 4 is 11.5 Å². The molecule has 0 atom stereocenters. The van der Waals surface area contributed by atoms with E-state index in [-0.39, 0.29) is 5.84 Å². The van der Waals surface area contributed by atoms with E-state index in [0.29, 0.717) is 11.7 Å². The van der Waals surface area contributed by atoms with E-state index in [4.69, 9.17) is 11.1 Å². The minimum Gasteiger partial charge on any atom is -0.382 e. The third-order valence-electron chi connectivity index (χ3n) is 2.52. The molecule has 1 fully saturated rings. The summed E-state index contributed by atoms with van der Waals surface area (Å²) in [7, 11) is 2.07. The Hall–Kier alpha value is -1.58. The van der Waals surface area contributed by atoms with E-state index in [1.807, 2.05) is 12.1 Å². The van der Waals surface area contributed by atoms with E-state index in [1.165, 1.54) is 12.8 Å². The molecule has 1 aromatic heterocycles. The number of nitrogens with one attached hydrogen (secondary N) is 1. The minimum atomic E-state index is 0.0241. The van der Waals surface area contributed by atoms with Crippen molar-refractivity contribution in [3.63, 3.8) is 0 Å². The highest BCUT2D eigenvalue weighted by atomic mass is 15.2. The van der Waals surface area contributed by atoms with Gasteiger partial charge < -0.3 is 10.6 Å². The van der Waals surface area contributed by atoms with Crippen LogP contribution in [0.25, 0.3) is 0 Å². The molecule has 74 valence electrons. The molecule has 14 heavy (non-hydrogen) atoms. The molecule has 3 N–H and O–H groups in total. The van der Waals surface area contributed by atoms with Crippen LogP contribution in [0, 0.1) is 5.41 Å². The quantitative estimate of drug-likeness (QED) is 0.551. The van der Waals surface area contributed by atoms with Gasteiger partial charge in [0.05, 0.1) is 0 Å². The van der Waals surface area contributed by atoms with Crippen LogP contribution in [-0.4, -0.2) is 23.9 Å². The van der Waals surface area contributed by atoms with Crippen LogP contribution in [0.3, 0.4) is 0 Å². The summed E-state index contributed by atoms with van der Waals surface area (Å²) in [6.45, 7) is 0. The van der Waals surface area contributed by atoms with E-state index in [0.717, 1.165) is 5.69 Å². The second-order valence-electron chi connectivity index (χ2n) is 3.66. The number of anilines is 1. The Morgan fingerprint density at radius 1 is 1.64 bits per heavy atom. The third kappa shape index (κ3) is 1.69. The number of aromatic nitrogens is 1. The summed E-state index contributed by atoms with van der Waals surface area (Å²) in [5, 5.41) is 7.29. The lowest BCUT2D eigenvalue weighted by Gasteiger charge is -2.18. The molecule has 4 nitrogen and oxygen atoms in total. The molecule has 2 rings (SSSR count). The first-order valence-electron chi connectivity index (χ1n) is 4.72. The van der Waals surface area contributed by atoms with Gasteiger partial charge in [-0.1, -0.05) is 0 Å². The SMILES string of the molecule is CN(c1ccnc(C(=N)N)c1)C1CC1. The molecule has 0 amide bonds. The molecule has 1 aliphatic rings. The molecule has 0 aliphatic heterocycles. The van der Waals surface area contributed by atoms with Crippen molar-refractivity contribution in [2.75, 3.05) is 11.9 Å². The highest BCUT2D eigenvalue weighted by molar-refractivity contribution is 5.93. The lowest BCUT2D eigenvalue weighted by atomic mass is 10.3. The maximum atomic E-state index is 7.29. The smallest absolute Gasteiger partial charge is 0.141 e. The molecule has 0 bridgehead atoms. The molecule has 0 saturated heterocycles. The van der Waals surface area contributed by atoms with Crippen molar-refractivity contribution < 1.29 is 0 Å². The number of hydrogen-bond donors (Lipinski definition) is 2. The first-order valence-corrected chi connectivity index (χ1v) is 4.72. The highest BCUT2D eigenvalue weighted by Gasteiger charge is 2.26. The maximum absolute atomic E-state index is 7.29. The fraction of sp³-hybridized carbons (Fsp3) is 0.400. The van der Waals surface area contributed by atoms with E-state index >= 15 is 0 Å². The van der Waals surface area contributed by atoms with Gasteiger partial charge >= 0.3 is 0 Å². The number of pyridine rings is 1. The molecule has 1 aliphatic carbocycles. The van der Waals surface area contributed by atoms with Crippen LogP contribution >= 0.6 is 0 Å². The van der Waals surface area contributed by atoms with Gasteiger partial charge in [0.2, 0.25) is 0 Å². The monoisotopic (exact) mass is 190 g/mol. The minimum absolute atomic E-state index is 0.0241. The van der Waals surface area contributed by atoms with E-state index in [2.05, 4.69) is 16.9 Å². The Kier molecular flexibility index (Phi) is 2.11. The largest absolute Gasteiger partial charge is 0.382 e. The standard InChI is InChI=1S/C10H14N4/c1-14(7-2-3-7)8-4-5-13-9(6-8)10(11)12/h4-7H,2-3H2,1H3,(H3,11,12). The summed E-state index contributed by atoms with van der Waals surface area (Å²) in [6.07, 6.45) is 4.22. The molecule has 4 heteroatoms. The second kappa shape index (κ2) is 3.29. The van der Waals surface area contributed by atoms with E-state index in [9.17, 15) is 0 Å². The molecule has 1 heterocycles. The first kappa shape index (κ1) is 8.99. The van der Waals surface area contributed by atoms with Crippen molar-refractivity contribution in [2.24, 2.45) is 5.73 Å². The van der Waals surface area contributed by atoms with Crippen molar-refractivity contribution in [3.05, 3.63) is 24.0 Å². The van der Waals surface area contributed by atoms with E-state index in [1.54, 1.807) is 6.20 Å². The van der Waals surface area contributed by atoms with Gasteiger partial charge in [0.25, 0.3) is 0 Å². The molecule has 0 unspecified atom stereocenters. The summed E-state index contributed by atoms with van der Waals surface area (Å²) in [5.41, 5.74) is 7.02. The van der Waals surface area contributed by atoms with Crippen molar-refractivity contribution in [1.82, 2.24) is 4.98 Å². The average Bonchev–Trinajstić information content (AvgIpc) is 3.00. The molecule has 1 saturated carbocycles. The van der Waals surface area contributed by atoms with Gasteiger partial charge in [-0.05, 0) is 25.0 Å². The Morgan fingerprint density at radius 3 is 2.93 bits per heavy atom. The van der Waals surface area contributed by atoms with Gasteiger partial charge in [-0.25, -0.2) is 0 Å². The van der Waals surface area contributed by atoms with Crippen LogP contribution in [0.5, 0.6) is 0 Å². The Balaban J connectivity index is 2.24. The zero-order valence-electron chi connectivity index (χ0n) is 8.20. The molecule has 0 radical (unpaired) electrons. The average molecular weight is 190 g/mol. The van der Waals surface area contributed by atoms with Crippen LogP contribution in [0.1, 0.15) is 18.5 Å². The van der Waals surface area contributed by atoms with Crippen LogP contribution in [-0.2, 0) is 0 Å². The normalized spacial score (nSPS) is 15.2. The van der Waals surface area contributed by atoms with Crippen LogP contribution in [0.15, 0.2) is 18.3 Å². The van der Waals surface area contributed by atoms with Crippen molar-refractivity contribution in [2.45, 2.75) is 18.9 Å². The maximum Gasteiger partial charge on any atom is 0.141 e. The number of nitrogens with two attached hydrogens (primary N) is 1. The number of nitrogens with zero attached hydrogens (tertiary/aromatic N) is 2. The summed E-state index contributed by atoms with van der Waals surface area (Å²) in [5.74, 6) is 0.0241. The van der Waals surface area contributed by atoms with Crippen LogP contribution < -0.4 is 10.6 Å². The second-order valence-corrected chi connectivity index (χ2v) is 3.66. The molecule has 0 aromatic carbocycles. The predicted octanol–water partition coefficient (Wildman–Crippen LogP) is 0.964. The number of nitrogen functional groups attached to an aromatic ring is 1. The van der Waals surface area contributed by atoms with E-state index < -0.39 is 0 Å². The van der Waals surface area contributed by atoms with Crippen LogP contribution in [0.2, 0.25) is 0 Å². The topological polar surface area (TPSA) is 66.0 Å². The van der Waals surface area contributed by atoms with Gasteiger partial charge in [-0.15, -0.1) is 0 Å². The Morgan fingerprint density at radius 2 is 2.36 bits per heavy atom. The predicted molar refractivity (Wildman–Crippen MR) is 56.7 cm³/mol. The van der Waals surface area contributed by atoms with Crippen molar-refractivity contribution in [3.8, 4) is 0 Å². The summed E-state index contributed by atoms with van der Waals surface area (Å²) in [4.78, 5) is 6.24. The van der Waals surface area contributed by atoms with Gasteiger partial charge in [0, 0.05) is 25.0 Å². The molecular formula is C10H14N4. The first-order chi connectivity index (χ1) is 6.68. The number of hydrogen-bond acceptors (Lipinski definition) is 3. The van der Waals surface area contributed by atoms with Gasteiger partial charge in [0.1, 0.15) is 11.5 Å². The van der Waals surface area contributed by atoms with Crippen LogP contribution in [0.4, 0.5) is 5.69 Å². The lowest BCUT2D eigenvalue weighted by molar-refractivity contribution is 0.914. The summed E-state index contributed by atoms with van der Waals surface area (Å²) in [6, 6.07) is 4.48. The fourth-order valence-corrected chi connectivity index (χ4v) is 1.46. The molecular weight excluding hydrogens is 176 g/mol. The van der Waals surface area contributed by atoms with Gasteiger partial charge in [-0.2, -0.15) is 0 Å². The number of rotatable bonds is 3. The summed E-state index contributed by atoms with van der Waals surface area (Å²) < 4.78 is 0. The van der Waals surface area contributed by atoms with Gasteiger partial charge in [0.15, 0.2) is 0 Å². The lowest BCUT2D eigenvalue weighted by Crippen LogP contribution is -2.21. The Bertz CT molecular complexity index is 357. The molecule has 1 aromatic rings. The zero-order valence-corrected chi connectivity index (χ0v) is 8.20. The molecule has 0 spiro atoms. The summed E-state index contributed by atoms with van der Waals surface area (Å²) >= 11 is 0. The highest BCUT2D eigenvalue weighted by Crippen LogP contribution is 2.29. The third-order valence-corrected chi connectivity index (χ3v) is 2.52. The fourth-order valence-electron chi connectivity index (χ4n) is 1.46. The van der Waals surface area contributed by atoms with Gasteiger partial charge in [-0.3, -0.25) is 10.4 Å².